The summed E-state index contributed by atoms with van der Waals surface area (Å²) in [7, 11) is 0. The third-order valence-corrected chi connectivity index (χ3v) is 3.34. The van der Waals surface area contributed by atoms with Gasteiger partial charge in [-0.3, -0.25) is 0 Å². The van der Waals surface area contributed by atoms with Gasteiger partial charge in [-0.15, -0.1) is 0 Å². The molecule has 2 heteroatoms. The lowest BCUT2D eigenvalue weighted by molar-refractivity contribution is 0.622. The number of aromatic nitrogens is 1. The average molecular weight is 201 g/mol. The molecule has 1 aliphatic rings. The first-order valence-electron chi connectivity index (χ1n) is 5.09. The number of fused-ring (bicyclic) bond motifs is 3. The molecule has 1 heterocycles. The van der Waals surface area contributed by atoms with Crippen molar-refractivity contribution in [1.29, 1.82) is 0 Å². The Morgan fingerprint density at radius 2 is 1.93 bits per heavy atom. The molecular formula is C13H12FN. The molecule has 3 rings (SSSR count). The molecule has 0 fully saturated rings. The summed E-state index contributed by atoms with van der Waals surface area (Å²) in [6, 6.07) is 7.11. The lowest BCUT2D eigenvalue weighted by Gasteiger charge is -2.19. The summed E-state index contributed by atoms with van der Waals surface area (Å²) in [5.41, 5.74) is 4.50. The van der Waals surface area contributed by atoms with Crippen molar-refractivity contribution in [2.24, 2.45) is 0 Å². The Hall–Kier alpha value is -1.57. The molecular weight excluding hydrogens is 189 g/mol. The van der Waals surface area contributed by atoms with Crippen LogP contribution in [-0.4, -0.2) is 4.98 Å². The molecule has 0 saturated carbocycles. The third kappa shape index (κ3) is 0.965. The molecule has 76 valence electrons. The van der Waals surface area contributed by atoms with E-state index in [0.717, 1.165) is 11.3 Å². The topological polar surface area (TPSA) is 15.8 Å². The van der Waals surface area contributed by atoms with Gasteiger partial charge in [0.2, 0.25) is 0 Å². The fourth-order valence-electron chi connectivity index (χ4n) is 2.53. The number of hydrogen-bond donors (Lipinski definition) is 1. The molecule has 0 radical (unpaired) electrons. The highest BCUT2D eigenvalue weighted by Crippen LogP contribution is 2.47. The number of nitrogens with one attached hydrogen (secondary N) is 1. The summed E-state index contributed by atoms with van der Waals surface area (Å²) < 4.78 is 13.2. The first-order chi connectivity index (χ1) is 7.10. The standard InChI is InChI=1S/C13H12FN/c1-13(2)10-4-3-8(14)7-9(10)12-11(13)5-6-15-12/h3-7,15H,1-2H3. The summed E-state index contributed by atoms with van der Waals surface area (Å²) in [4.78, 5) is 3.19. The molecule has 1 nitrogen and oxygen atoms in total. The van der Waals surface area contributed by atoms with E-state index < -0.39 is 0 Å². The molecule has 0 aliphatic heterocycles. The Bertz CT molecular complexity index is 537. The molecule has 1 aromatic heterocycles. The van der Waals surface area contributed by atoms with Crippen molar-refractivity contribution in [2.75, 3.05) is 0 Å². The van der Waals surface area contributed by atoms with E-state index in [4.69, 9.17) is 0 Å². The summed E-state index contributed by atoms with van der Waals surface area (Å²) >= 11 is 0. The van der Waals surface area contributed by atoms with E-state index in [0.29, 0.717) is 0 Å². The first kappa shape index (κ1) is 8.72. The molecule has 2 aromatic rings. The number of benzene rings is 1. The molecule has 1 aromatic carbocycles. The van der Waals surface area contributed by atoms with Gasteiger partial charge in [-0.2, -0.15) is 0 Å². The molecule has 0 bridgehead atoms. The highest BCUT2D eigenvalue weighted by Gasteiger charge is 2.36. The van der Waals surface area contributed by atoms with E-state index in [1.165, 1.54) is 17.2 Å². The normalized spacial score (nSPS) is 16.2. The van der Waals surface area contributed by atoms with Gasteiger partial charge in [-0.25, -0.2) is 4.39 Å². The van der Waals surface area contributed by atoms with Crippen LogP contribution in [0.2, 0.25) is 0 Å². The van der Waals surface area contributed by atoms with Gasteiger partial charge in [0, 0.05) is 22.9 Å². The first-order valence-corrected chi connectivity index (χ1v) is 5.09. The van der Waals surface area contributed by atoms with Crippen LogP contribution in [0.1, 0.15) is 25.0 Å². The summed E-state index contributed by atoms with van der Waals surface area (Å²) in [6.45, 7) is 4.34. The van der Waals surface area contributed by atoms with Crippen LogP contribution in [0.3, 0.4) is 0 Å². The van der Waals surface area contributed by atoms with Gasteiger partial charge in [-0.1, -0.05) is 19.9 Å². The van der Waals surface area contributed by atoms with Gasteiger partial charge in [0.05, 0.1) is 0 Å². The van der Waals surface area contributed by atoms with Crippen LogP contribution in [0.4, 0.5) is 4.39 Å². The lowest BCUT2D eigenvalue weighted by Crippen LogP contribution is -2.14. The monoisotopic (exact) mass is 201 g/mol. The van der Waals surface area contributed by atoms with Crippen molar-refractivity contribution in [3.05, 3.63) is 47.4 Å². The zero-order valence-corrected chi connectivity index (χ0v) is 8.76. The van der Waals surface area contributed by atoms with Crippen LogP contribution >= 0.6 is 0 Å². The van der Waals surface area contributed by atoms with Crippen LogP contribution < -0.4 is 0 Å². The number of aromatic amines is 1. The van der Waals surface area contributed by atoms with E-state index in [2.05, 4.69) is 24.9 Å². The maximum atomic E-state index is 13.2. The third-order valence-electron chi connectivity index (χ3n) is 3.34. The number of hydrogen-bond acceptors (Lipinski definition) is 0. The quantitative estimate of drug-likeness (QED) is 0.671. The Morgan fingerprint density at radius 3 is 2.73 bits per heavy atom. The predicted octanol–water partition coefficient (Wildman–Crippen LogP) is 3.46. The van der Waals surface area contributed by atoms with E-state index in [1.807, 2.05) is 12.3 Å². The molecule has 0 saturated heterocycles. The summed E-state index contributed by atoms with van der Waals surface area (Å²) in [5.74, 6) is -0.174. The van der Waals surface area contributed by atoms with Crippen molar-refractivity contribution in [2.45, 2.75) is 19.3 Å². The smallest absolute Gasteiger partial charge is 0.123 e. The van der Waals surface area contributed by atoms with Gasteiger partial charge in [0.1, 0.15) is 5.82 Å². The Balaban J connectivity index is 2.40. The van der Waals surface area contributed by atoms with Crippen molar-refractivity contribution >= 4 is 0 Å². The molecule has 0 spiro atoms. The highest BCUT2D eigenvalue weighted by molar-refractivity contribution is 5.78. The minimum atomic E-state index is -0.174. The summed E-state index contributed by atoms with van der Waals surface area (Å²) in [6.07, 6.45) is 1.92. The van der Waals surface area contributed by atoms with Gasteiger partial charge in [-0.05, 0) is 29.3 Å². The zero-order valence-electron chi connectivity index (χ0n) is 8.76. The fourth-order valence-corrected chi connectivity index (χ4v) is 2.53. The summed E-state index contributed by atoms with van der Waals surface area (Å²) in [5, 5.41) is 0. The predicted molar refractivity (Wildman–Crippen MR) is 58.3 cm³/mol. The van der Waals surface area contributed by atoms with Gasteiger partial charge < -0.3 is 4.98 Å². The van der Waals surface area contributed by atoms with Crippen molar-refractivity contribution < 1.29 is 4.39 Å². The largest absolute Gasteiger partial charge is 0.361 e. The molecule has 15 heavy (non-hydrogen) atoms. The van der Waals surface area contributed by atoms with E-state index in [9.17, 15) is 4.39 Å². The minimum Gasteiger partial charge on any atom is -0.361 e. The van der Waals surface area contributed by atoms with Crippen molar-refractivity contribution in [3.8, 4) is 11.3 Å². The lowest BCUT2D eigenvalue weighted by atomic mass is 9.83. The van der Waals surface area contributed by atoms with Crippen LogP contribution in [0, 0.1) is 5.82 Å². The second kappa shape index (κ2) is 2.51. The highest BCUT2D eigenvalue weighted by atomic mass is 19.1. The minimum absolute atomic E-state index is 0.0155. The second-order valence-corrected chi connectivity index (χ2v) is 4.58. The Morgan fingerprint density at radius 1 is 1.13 bits per heavy atom. The van der Waals surface area contributed by atoms with Gasteiger partial charge in [0.15, 0.2) is 0 Å². The zero-order chi connectivity index (χ0) is 10.6. The van der Waals surface area contributed by atoms with E-state index in [-0.39, 0.29) is 11.2 Å². The SMILES string of the molecule is CC1(C)c2ccc(F)cc2-c2[nH]ccc21. The fraction of sp³-hybridized carbons (Fsp3) is 0.231. The number of rotatable bonds is 0. The maximum absolute atomic E-state index is 13.2. The van der Waals surface area contributed by atoms with Crippen LogP contribution in [-0.2, 0) is 5.41 Å². The van der Waals surface area contributed by atoms with Crippen LogP contribution in [0.25, 0.3) is 11.3 Å². The van der Waals surface area contributed by atoms with Crippen LogP contribution in [0.5, 0.6) is 0 Å². The molecule has 0 amide bonds. The second-order valence-electron chi connectivity index (χ2n) is 4.58. The Kier molecular flexibility index (Phi) is 1.46. The molecule has 1 N–H and O–H groups in total. The van der Waals surface area contributed by atoms with E-state index >= 15 is 0 Å². The van der Waals surface area contributed by atoms with Gasteiger partial charge in [0.25, 0.3) is 0 Å². The van der Waals surface area contributed by atoms with Crippen LogP contribution in [0.15, 0.2) is 30.5 Å². The van der Waals surface area contributed by atoms with Crippen molar-refractivity contribution in [1.82, 2.24) is 4.98 Å². The Labute approximate surface area is 88.0 Å². The average Bonchev–Trinajstić information content (AvgIpc) is 2.71. The number of H-pyrrole nitrogens is 1. The van der Waals surface area contributed by atoms with Crippen molar-refractivity contribution in [3.63, 3.8) is 0 Å². The molecule has 0 unspecified atom stereocenters. The van der Waals surface area contributed by atoms with E-state index in [1.54, 1.807) is 6.07 Å². The number of halogens is 1. The van der Waals surface area contributed by atoms with Gasteiger partial charge >= 0.3 is 0 Å². The molecule has 1 aliphatic carbocycles. The maximum Gasteiger partial charge on any atom is 0.123 e. The molecule has 0 atom stereocenters.